The molecule has 1 aliphatic rings. The predicted octanol–water partition coefficient (Wildman–Crippen LogP) is 5.39. The number of ether oxygens (including phenoxy) is 1. The lowest BCUT2D eigenvalue weighted by Crippen LogP contribution is -2.40. The molecule has 0 atom stereocenters. The Kier molecular flexibility index (Phi) is 9.00. The van der Waals surface area contributed by atoms with Gasteiger partial charge in [0.15, 0.2) is 0 Å². The summed E-state index contributed by atoms with van der Waals surface area (Å²) in [5.74, 6) is 2.03. The first kappa shape index (κ1) is 27.9. The highest BCUT2D eigenvalue weighted by Gasteiger charge is 2.17. The highest BCUT2D eigenvalue weighted by Crippen LogP contribution is 2.34. The number of carbonyl (C=O) groups excluding carboxylic acids is 1. The van der Waals surface area contributed by atoms with E-state index in [9.17, 15) is 4.79 Å². The molecule has 39 heavy (non-hydrogen) atoms. The zero-order chi connectivity index (χ0) is 27.8. The van der Waals surface area contributed by atoms with E-state index in [0.717, 1.165) is 11.1 Å². The second-order valence-corrected chi connectivity index (χ2v) is 10.2. The van der Waals surface area contributed by atoms with Crippen molar-refractivity contribution in [3.8, 4) is 11.5 Å². The molecule has 3 aromatic rings. The quantitative estimate of drug-likeness (QED) is 0.158. The van der Waals surface area contributed by atoms with Gasteiger partial charge in [-0.1, -0.05) is 22.8 Å². The number of fused-ring (bicyclic) bond motifs is 1. The van der Waals surface area contributed by atoms with Gasteiger partial charge in [0, 0.05) is 23.3 Å². The third kappa shape index (κ3) is 7.92. The maximum Gasteiger partial charge on any atom is 0.251 e. The number of oxime groups is 1. The Morgan fingerprint density at radius 1 is 1.23 bits per heavy atom. The van der Waals surface area contributed by atoms with Crippen LogP contribution in [0.1, 0.15) is 43.1 Å². The van der Waals surface area contributed by atoms with E-state index >= 15 is 0 Å². The monoisotopic (exact) mass is 550 g/mol. The minimum atomic E-state index is -0.349. The molecule has 1 aliphatic heterocycles. The van der Waals surface area contributed by atoms with E-state index in [1.165, 1.54) is 6.33 Å². The number of hydrogen-bond acceptors (Lipinski definition) is 9. The summed E-state index contributed by atoms with van der Waals surface area (Å²) < 4.78 is 5.98. The van der Waals surface area contributed by atoms with Gasteiger partial charge in [0.25, 0.3) is 5.91 Å². The van der Waals surface area contributed by atoms with E-state index in [1.54, 1.807) is 42.6 Å². The number of carbonyl (C=O) groups is 1. The molecule has 0 fully saturated rings. The maximum atomic E-state index is 12.5. The van der Waals surface area contributed by atoms with E-state index in [0.29, 0.717) is 52.4 Å². The molecule has 0 radical (unpaired) electrons. The van der Waals surface area contributed by atoms with Crippen molar-refractivity contribution in [1.29, 1.82) is 0 Å². The topological polar surface area (TPSA) is 130 Å². The second-order valence-electron chi connectivity index (χ2n) is 9.78. The molecule has 10 nitrogen and oxygen atoms in total. The molecule has 0 saturated carbocycles. The van der Waals surface area contributed by atoms with Gasteiger partial charge in [-0.15, -0.1) is 0 Å². The van der Waals surface area contributed by atoms with Gasteiger partial charge in [0.2, 0.25) is 0 Å². The van der Waals surface area contributed by atoms with Crippen LogP contribution in [0.25, 0.3) is 6.08 Å². The first-order chi connectivity index (χ1) is 18.7. The average Bonchev–Trinajstić information content (AvgIpc) is 3.10. The number of aliphatic hydroxyl groups excluding tert-OH is 1. The largest absolute Gasteiger partial charge is 0.456 e. The number of nitrogens with zero attached hydrogens (tertiary/aromatic N) is 3. The molecule has 0 aliphatic carbocycles. The zero-order valence-electron chi connectivity index (χ0n) is 22.0. The Morgan fingerprint density at radius 3 is 2.85 bits per heavy atom. The molecule has 4 rings (SSSR count). The molecule has 2 aromatic carbocycles. The molecule has 1 aromatic heterocycles. The summed E-state index contributed by atoms with van der Waals surface area (Å²) in [6, 6.07) is 12.2. The smallest absolute Gasteiger partial charge is 0.251 e. The van der Waals surface area contributed by atoms with Gasteiger partial charge >= 0.3 is 0 Å². The fraction of sp³-hybridized carbons (Fsp3) is 0.286. The van der Waals surface area contributed by atoms with Crippen molar-refractivity contribution in [1.82, 2.24) is 15.3 Å². The zero-order valence-corrected chi connectivity index (χ0v) is 22.7. The number of aromatic nitrogens is 2. The number of halogens is 1. The van der Waals surface area contributed by atoms with E-state index in [4.69, 9.17) is 26.3 Å². The molecule has 1 amide bonds. The van der Waals surface area contributed by atoms with Gasteiger partial charge in [-0.2, -0.15) is 0 Å². The van der Waals surface area contributed by atoms with Crippen molar-refractivity contribution < 1.29 is 19.5 Å². The molecule has 0 unspecified atom stereocenters. The van der Waals surface area contributed by atoms with E-state index in [-0.39, 0.29) is 24.7 Å². The van der Waals surface area contributed by atoms with Crippen molar-refractivity contribution in [2.75, 3.05) is 30.4 Å². The summed E-state index contributed by atoms with van der Waals surface area (Å²) in [7, 11) is 0. The van der Waals surface area contributed by atoms with E-state index < -0.39 is 0 Å². The van der Waals surface area contributed by atoms with Crippen molar-refractivity contribution in [3.63, 3.8) is 0 Å². The molecule has 0 spiro atoms. The fourth-order valence-corrected chi connectivity index (χ4v) is 3.91. The lowest BCUT2D eigenvalue weighted by Gasteiger charge is -2.20. The molecule has 11 heteroatoms. The highest BCUT2D eigenvalue weighted by atomic mass is 35.5. The van der Waals surface area contributed by atoms with Gasteiger partial charge in [-0.25, -0.2) is 9.97 Å². The van der Waals surface area contributed by atoms with E-state index in [1.807, 2.05) is 32.9 Å². The number of hydrogen-bond donors (Lipinski definition) is 4. The first-order valence-corrected chi connectivity index (χ1v) is 12.8. The summed E-state index contributed by atoms with van der Waals surface area (Å²) in [6.07, 6.45) is 5.74. The van der Waals surface area contributed by atoms with Crippen LogP contribution in [0, 0.1) is 0 Å². The Labute approximate surface area is 232 Å². The van der Waals surface area contributed by atoms with E-state index in [2.05, 4.69) is 31.1 Å². The van der Waals surface area contributed by atoms with Gasteiger partial charge in [0.1, 0.15) is 36.1 Å². The molecule has 4 N–H and O–H groups in total. The van der Waals surface area contributed by atoms with Crippen LogP contribution in [0.2, 0.25) is 5.02 Å². The summed E-state index contributed by atoms with van der Waals surface area (Å²) >= 11 is 6.56. The lowest BCUT2D eigenvalue weighted by atomic mass is 10.1. The average molecular weight is 551 g/mol. The fourth-order valence-electron chi connectivity index (χ4n) is 3.69. The Bertz CT molecular complexity index is 1390. The Hall–Kier alpha value is -4.15. The summed E-state index contributed by atoms with van der Waals surface area (Å²) in [5, 5.41) is 22.7. The van der Waals surface area contributed by atoms with Crippen LogP contribution < -0.4 is 20.7 Å². The summed E-state index contributed by atoms with van der Waals surface area (Å²) in [6.45, 7) is 6.47. The van der Waals surface area contributed by atoms with Gasteiger partial charge in [-0.3, -0.25) is 4.79 Å². The van der Waals surface area contributed by atoms with Crippen LogP contribution in [0.3, 0.4) is 0 Å². The molecular formula is C28H31ClN6O4. The van der Waals surface area contributed by atoms with Crippen LogP contribution >= 0.6 is 11.6 Å². The molecule has 2 heterocycles. The minimum absolute atomic E-state index is 0.101. The Balaban J connectivity index is 1.51. The lowest BCUT2D eigenvalue weighted by molar-refractivity contribution is 0.0919. The van der Waals surface area contributed by atoms with Crippen molar-refractivity contribution in [2.24, 2.45) is 5.16 Å². The minimum Gasteiger partial charge on any atom is -0.456 e. The number of aliphatic hydroxyl groups is 1. The summed E-state index contributed by atoms with van der Waals surface area (Å²) in [4.78, 5) is 26.3. The van der Waals surface area contributed by atoms with Crippen molar-refractivity contribution in [2.45, 2.75) is 32.7 Å². The number of nitrogens with one attached hydrogen (secondary N) is 3. The second kappa shape index (κ2) is 12.6. The van der Waals surface area contributed by atoms with Crippen LogP contribution in [0.4, 0.5) is 17.3 Å². The van der Waals surface area contributed by atoms with Crippen LogP contribution in [0.5, 0.6) is 11.5 Å². The molecule has 204 valence electrons. The van der Waals surface area contributed by atoms with Crippen molar-refractivity contribution >= 4 is 47.1 Å². The summed E-state index contributed by atoms with van der Waals surface area (Å²) in [5.41, 5.74) is 2.52. The number of benzene rings is 2. The van der Waals surface area contributed by atoms with Crippen LogP contribution in [-0.4, -0.2) is 52.5 Å². The predicted molar refractivity (Wildman–Crippen MR) is 153 cm³/mol. The number of amides is 1. The molecular weight excluding hydrogens is 520 g/mol. The highest BCUT2D eigenvalue weighted by molar-refractivity contribution is 6.32. The van der Waals surface area contributed by atoms with Gasteiger partial charge in [0.05, 0.1) is 23.4 Å². The third-order valence-electron chi connectivity index (χ3n) is 5.40. The van der Waals surface area contributed by atoms with Crippen LogP contribution in [0.15, 0.2) is 59.5 Å². The maximum absolute atomic E-state index is 12.5. The standard InChI is InChI=1S/C28H31ClN6O4/c1-28(2,3)35-27(37)19-5-4-6-21(14-19)39-24-8-7-20(15-23(24)29)34-26-22-13-18(16-33-38-12-11-36)9-10-30-25(22)31-17-32-26/h4-8,13-17,36H,9-12H2,1-3H3,(H,35,37)(H2,30,31,32,34)/b33-16+. The van der Waals surface area contributed by atoms with Crippen LogP contribution in [-0.2, 0) is 4.84 Å². The molecule has 0 saturated heterocycles. The molecule has 0 bridgehead atoms. The van der Waals surface area contributed by atoms with Crippen molar-refractivity contribution in [3.05, 3.63) is 70.5 Å². The SMILES string of the molecule is CC(C)(C)NC(=O)c1cccc(Oc2ccc(Nc3ncnc4c3C=C(/C=N/OCCO)CCN4)cc2Cl)c1. The third-order valence-corrected chi connectivity index (χ3v) is 5.70. The number of anilines is 3. The van der Waals surface area contributed by atoms with Gasteiger partial charge in [-0.05, 0) is 75.2 Å². The normalized spacial score (nSPS) is 13.1. The Morgan fingerprint density at radius 2 is 2.08 bits per heavy atom. The first-order valence-electron chi connectivity index (χ1n) is 12.4. The van der Waals surface area contributed by atoms with Gasteiger partial charge < -0.3 is 30.6 Å². The number of rotatable bonds is 9.